The van der Waals surface area contributed by atoms with E-state index in [4.69, 9.17) is 9.84 Å². The standard InChI is InChI=1S/C24H26N2O7/c27-21(28)14-26-20-9-5-4-8-17(20)11-13-18(23(26)31)25-19(24(32)33-15-22(29)30)12-10-16-6-2-1-3-7-16/h1-9,18-19,25H,10-15H2,(H,27,28)(H,29,30). The van der Waals surface area contributed by atoms with Crippen molar-refractivity contribution < 1.29 is 34.1 Å². The van der Waals surface area contributed by atoms with Gasteiger partial charge < -0.3 is 14.9 Å². The third kappa shape index (κ3) is 6.63. The molecule has 0 radical (unpaired) electrons. The number of hydrogen-bond acceptors (Lipinski definition) is 6. The van der Waals surface area contributed by atoms with Crippen LogP contribution in [0.4, 0.5) is 5.69 Å². The van der Waals surface area contributed by atoms with Crippen molar-refractivity contribution in [2.75, 3.05) is 18.1 Å². The third-order valence-electron chi connectivity index (χ3n) is 5.43. The lowest BCUT2D eigenvalue weighted by atomic mass is 10.0. The first-order valence-electron chi connectivity index (χ1n) is 10.6. The second-order valence-corrected chi connectivity index (χ2v) is 7.78. The van der Waals surface area contributed by atoms with Crippen LogP contribution in [0.5, 0.6) is 0 Å². The summed E-state index contributed by atoms with van der Waals surface area (Å²) in [5.41, 5.74) is 2.34. The van der Waals surface area contributed by atoms with Gasteiger partial charge >= 0.3 is 17.9 Å². The summed E-state index contributed by atoms with van der Waals surface area (Å²) >= 11 is 0. The first kappa shape index (κ1) is 23.9. The molecule has 0 bridgehead atoms. The number of rotatable bonds is 10. The number of carboxylic acid groups (broad SMARTS) is 2. The number of carboxylic acids is 2. The molecule has 2 atom stereocenters. The molecule has 174 valence electrons. The van der Waals surface area contributed by atoms with E-state index >= 15 is 0 Å². The van der Waals surface area contributed by atoms with Gasteiger partial charge in [0.15, 0.2) is 6.61 Å². The molecule has 0 saturated carbocycles. The average Bonchev–Trinajstić information content (AvgIpc) is 2.92. The zero-order valence-electron chi connectivity index (χ0n) is 18.0. The van der Waals surface area contributed by atoms with Gasteiger partial charge in [-0.2, -0.15) is 0 Å². The summed E-state index contributed by atoms with van der Waals surface area (Å²) in [5, 5.41) is 21.2. The maximum absolute atomic E-state index is 13.3. The Bertz CT molecular complexity index is 1010. The Morgan fingerprint density at radius 1 is 1.03 bits per heavy atom. The zero-order chi connectivity index (χ0) is 23.8. The van der Waals surface area contributed by atoms with Crippen molar-refractivity contribution in [2.45, 2.75) is 37.8 Å². The molecule has 1 aliphatic rings. The Hall–Kier alpha value is -3.72. The van der Waals surface area contributed by atoms with Crippen molar-refractivity contribution in [3.63, 3.8) is 0 Å². The lowest BCUT2D eigenvalue weighted by Gasteiger charge is -2.27. The highest BCUT2D eigenvalue weighted by atomic mass is 16.6. The highest BCUT2D eigenvalue weighted by molar-refractivity contribution is 6.02. The van der Waals surface area contributed by atoms with E-state index < -0.39 is 49.1 Å². The van der Waals surface area contributed by atoms with Crippen LogP contribution in [-0.4, -0.2) is 59.3 Å². The van der Waals surface area contributed by atoms with Crippen molar-refractivity contribution in [1.82, 2.24) is 5.32 Å². The van der Waals surface area contributed by atoms with Gasteiger partial charge in [-0.05, 0) is 42.9 Å². The number of aryl methyl sites for hydroxylation is 2. The molecule has 1 amide bonds. The fraction of sp³-hybridized carbons (Fsp3) is 0.333. The maximum Gasteiger partial charge on any atom is 0.341 e. The monoisotopic (exact) mass is 454 g/mol. The van der Waals surface area contributed by atoms with Crippen LogP contribution in [-0.2, 0) is 36.8 Å². The van der Waals surface area contributed by atoms with Crippen LogP contribution < -0.4 is 10.2 Å². The molecule has 0 saturated heterocycles. The number of para-hydroxylation sites is 1. The van der Waals surface area contributed by atoms with Crippen molar-refractivity contribution in [1.29, 1.82) is 0 Å². The van der Waals surface area contributed by atoms with Crippen LogP contribution in [0.2, 0.25) is 0 Å². The molecule has 2 aromatic carbocycles. The summed E-state index contributed by atoms with van der Waals surface area (Å²) in [6.07, 6.45) is 1.63. The molecule has 0 aromatic heterocycles. The van der Waals surface area contributed by atoms with Gasteiger partial charge in [-0.3, -0.25) is 24.6 Å². The molecule has 9 heteroatoms. The van der Waals surface area contributed by atoms with Crippen LogP contribution in [0.15, 0.2) is 54.6 Å². The van der Waals surface area contributed by atoms with Gasteiger partial charge in [-0.25, -0.2) is 4.79 Å². The molecule has 3 N–H and O–H groups in total. The predicted molar refractivity (Wildman–Crippen MR) is 119 cm³/mol. The number of anilines is 1. The predicted octanol–water partition coefficient (Wildman–Crippen LogP) is 1.64. The van der Waals surface area contributed by atoms with Crippen molar-refractivity contribution in [2.24, 2.45) is 0 Å². The van der Waals surface area contributed by atoms with Crippen molar-refractivity contribution in [3.8, 4) is 0 Å². The van der Waals surface area contributed by atoms with E-state index in [0.29, 0.717) is 24.9 Å². The normalized spacial score (nSPS) is 16.4. The number of ether oxygens (including phenoxy) is 1. The summed E-state index contributed by atoms with van der Waals surface area (Å²) < 4.78 is 4.90. The van der Waals surface area contributed by atoms with E-state index in [0.717, 1.165) is 11.1 Å². The fourth-order valence-electron chi connectivity index (χ4n) is 3.87. The van der Waals surface area contributed by atoms with Crippen molar-refractivity contribution >= 4 is 29.5 Å². The molecule has 1 heterocycles. The molecule has 33 heavy (non-hydrogen) atoms. The van der Waals surface area contributed by atoms with Crippen LogP contribution in [0, 0.1) is 0 Å². The molecule has 2 aromatic rings. The molecular weight excluding hydrogens is 428 g/mol. The summed E-state index contributed by atoms with van der Waals surface area (Å²) in [6, 6.07) is 14.7. The number of carbonyl (C=O) groups excluding carboxylic acids is 2. The van der Waals surface area contributed by atoms with Gasteiger partial charge in [-0.1, -0.05) is 48.5 Å². The van der Waals surface area contributed by atoms with E-state index in [1.807, 2.05) is 42.5 Å². The smallest absolute Gasteiger partial charge is 0.341 e. The van der Waals surface area contributed by atoms with Gasteiger partial charge in [-0.15, -0.1) is 0 Å². The first-order valence-corrected chi connectivity index (χ1v) is 10.6. The number of nitrogens with one attached hydrogen (secondary N) is 1. The third-order valence-corrected chi connectivity index (χ3v) is 5.43. The number of fused-ring (bicyclic) bond motifs is 1. The van der Waals surface area contributed by atoms with Gasteiger partial charge in [0.1, 0.15) is 12.6 Å². The summed E-state index contributed by atoms with van der Waals surface area (Å²) in [5.74, 6) is -3.66. The number of aliphatic carboxylic acids is 2. The minimum absolute atomic E-state index is 0.276. The van der Waals surface area contributed by atoms with E-state index in [1.54, 1.807) is 12.1 Å². The Balaban J connectivity index is 1.80. The molecule has 0 spiro atoms. The molecule has 0 fully saturated rings. The van der Waals surface area contributed by atoms with Gasteiger partial charge in [0.25, 0.3) is 0 Å². The van der Waals surface area contributed by atoms with Gasteiger partial charge in [0.2, 0.25) is 5.91 Å². The molecule has 3 rings (SSSR count). The van der Waals surface area contributed by atoms with E-state index in [9.17, 15) is 24.3 Å². The van der Waals surface area contributed by atoms with Crippen LogP contribution >= 0.6 is 0 Å². The number of nitrogens with zero attached hydrogens (tertiary/aromatic N) is 1. The topological polar surface area (TPSA) is 133 Å². The number of hydrogen-bond donors (Lipinski definition) is 3. The maximum atomic E-state index is 13.3. The summed E-state index contributed by atoms with van der Waals surface area (Å²) in [6.45, 7) is -1.29. The lowest BCUT2D eigenvalue weighted by Crippen LogP contribution is -2.53. The van der Waals surface area contributed by atoms with E-state index in [1.165, 1.54) is 4.90 Å². The highest BCUT2D eigenvalue weighted by Gasteiger charge is 2.34. The Labute approximate surface area is 191 Å². The minimum atomic E-state index is -1.28. The Kier molecular flexibility index (Phi) is 8.15. The van der Waals surface area contributed by atoms with Crippen LogP contribution in [0.25, 0.3) is 0 Å². The molecule has 9 nitrogen and oxygen atoms in total. The van der Waals surface area contributed by atoms with Gasteiger partial charge in [0, 0.05) is 5.69 Å². The first-order chi connectivity index (χ1) is 15.8. The highest BCUT2D eigenvalue weighted by Crippen LogP contribution is 2.27. The average molecular weight is 454 g/mol. The van der Waals surface area contributed by atoms with E-state index in [2.05, 4.69) is 5.32 Å². The largest absolute Gasteiger partial charge is 0.480 e. The second-order valence-electron chi connectivity index (χ2n) is 7.78. The molecule has 0 aliphatic carbocycles. The van der Waals surface area contributed by atoms with Gasteiger partial charge in [0.05, 0.1) is 6.04 Å². The Morgan fingerprint density at radius 2 is 1.73 bits per heavy atom. The summed E-state index contributed by atoms with van der Waals surface area (Å²) in [4.78, 5) is 49.4. The van der Waals surface area contributed by atoms with Crippen LogP contribution in [0.3, 0.4) is 0 Å². The lowest BCUT2D eigenvalue weighted by molar-refractivity contribution is -0.157. The molecule has 1 aliphatic heterocycles. The second kappa shape index (κ2) is 11.2. The molecular formula is C24H26N2O7. The fourth-order valence-corrected chi connectivity index (χ4v) is 3.87. The molecule has 2 unspecified atom stereocenters. The quantitative estimate of drug-likeness (QED) is 0.462. The van der Waals surface area contributed by atoms with E-state index in [-0.39, 0.29) is 6.42 Å². The summed E-state index contributed by atoms with van der Waals surface area (Å²) in [7, 11) is 0. The Morgan fingerprint density at radius 3 is 2.42 bits per heavy atom. The number of carbonyl (C=O) groups is 4. The van der Waals surface area contributed by atoms with Crippen LogP contribution in [0.1, 0.15) is 24.0 Å². The number of amides is 1. The number of benzene rings is 2. The zero-order valence-corrected chi connectivity index (χ0v) is 18.0. The van der Waals surface area contributed by atoms with Crippen molar-refractivity contribution in [3.05, 3.63) is 65.7 Å². The minimum Gasteiger partial charge on any atom is -0.480 e. The number of esters is 1. The SMILES string of the molecule is O=C(O)COC(=O)C(CCc1ccccc1)NC1CCc2ccccc2N(CC(=O)O)C1=O.